The monoisotopic (exact) mass is 374 g/mol. The highest BCUT2D eigenvalue weighted by Gasteiger charge is 2.27. The molecule has 26 heavy (non-hydrogen) atoms. The van der Waals surface area contributed by atoms with Gasteiger partial charge in [0.25, 0.3) is 5.91 Å². The zero-order chi connectivity index (χ0) is 18.3. The Balaban J connectivity index is 1.65. The van der Waals surface area contributed by atoms with Crippen molar-refractivity contribution in [1.29, 1.82) is 0 Å². The molecule has 0 bridgehead atoms. The summed E-state index contributed by atoms with van der Waals surface area (Å²) in [7, 11) is 0. The van der Waals surface area contributed by atoms with Crippen LogP contribution in [0.3, 0.4) is 0 Å². The van der Waals surface area contributed by atoms with Crippen molar-refractivity contribution >= 4 is 22.9 Å². The predicted molar refractivity (Wildman–Crippen MR) is 95.4 cm³/mol. The maximum absolute atomic E-state index is 13.5. The highest BCUT2D eigenvalue weighted by atomic mass is 32.1. The fourth-order valence-corrected chi connectivity index (χ4v) is 4.04. The van der Waals surface area contributed by atoms with Gasteiger partial charge in [0.1, 0.15) is 16.5 Å². The third-order valence-electron chi connectivity index (χ3n) is 4.48. The highest BCUT2D eigenvalue weighted by molar-refractivity contribution is 7.12. The molecule has 0 saturated carbocycles. The Kier molecular flexibility index (Phi) is 4.20. The smallest absolute Gasteiger partial charge is 0.263 e. The number of hydrogen-bond donors (Lipinski definition) is 2. The molecule has 5 nitrogen and oxygen atoms in total. The summed E-state index contributed by atoms with van der Waals surface area (Å²) in [6.07, 6.45) is 3.98. The minimum Gasteiger partial charge on any atom is -0.397 e. The van der Waals surface area contributed by atoms with Crippen LogP contribution in [0.25, 0.3) is 5.69 Å². The molecule has 0 fully saturated rings. The molecule has 0 unspecified atom stereocenters. The number of thiophene rings is 1. The summed E-state index contributed by atoms with van der Waals surface area (Å²) in [5, 5.41) is 9.06. The lowest BCUT2D eigenvalue weighted by molar-refractivity contribution is 0.0937. The van der Waals surface area contributed by atoms with Gasteiger partial charge in [-0.25, -0.2) is 13.5 Å². The third-order valence-corrected chi connectivity index (χ3v) is 5.41. The van der Waals surface area contributed by atoms with E-state index in [1.165, 1.54) is 23.5 Å². The number of aromatic nitrogens is 2. The van der Waals surface area contributed by atoms with Gasteiger partial charge in [-0.05, 0) is 42.8 Å². The molecule has 1 atom stereocenters. The van der Waals surface area contributed by atoms with Crippen molar-refractivity contribution in [2.45, 2.75) is 25.3 Å². The molecule has 0 aliphatic heterocycles. The molecule has 1 aromatic carbocycles. The summed E-state index contributed by atoms with van der Waals surface area (Å²) in [6, 6.07) is 4.80. The summed E-state index contributed by atoms with van der Waals surface area (Å²) in [4.78, 5) is 12.9. The van der Waals surface area contributed by atoms with Crippen LogP contribution >= 0.6 is 11.3 Å². The van der Waals surface area contributed by atoms with Crippen molar-refractivity contribution in [3.05, 3.63) is 63.6 Å². The number of nitrogen functional groups attached to an aromatic ring is 1. The molecule has 0 radical (unpaired) electrons. The van der Waals surface area contributed by atoms with Gasteiger partial charge in [0.2, 0.25) is 0 Å². The van der Waals surface area contributed by atoms with E-state index in [1.54, 1.807) is 22.3 Å². The summed E-state index contributed by atoms with van der Waals surface area (Å²) in [6.45, 7) is 0. The number of hydrogen-bond acceptors (Lipinski definition) is 4. The first-order valence-corrected chi connectivity index (χ1v) is 9.08. The van der Waals surface area contributed by atoms with Crippen LogP contribution in [0.5, 0.6) is 0 Å². The Morgan fingerprint density at radius 2 is 2.08 bits per heavy atom. The SMILES string of the molecule is Nc1ccsc1C(=O)N[C@H]1CCCc2c1cnn2-c1cc(F)cc(F)c1. The number of benzene rings is 1. The zero-order valence-electron chi connectivity index (χ0n) is 13.7. The fraction of sp³-hybridized carbons (Fsp3) is 0.222. The Bertz CT molecular complexity index is 961. The molecule has 8 heteroatoms. The first kappa shape index (κ1) is 16.7. The van der Waals surface area contributed by atoms with E-state index in [0.717, 1.165) is 36.6 Å². The second-order valence-corrected chi connectivity index (χ2v) is 7.13. The lowest BCUT2D eigenvalue weighted by Gasteiger charge is -2.24. The predicted octanol–water partition coefficient (Wildman–Crippen LogP) is 3.60. The van der Waals surface area contributed by atoms with Gasteiger partial charge in [-0.15, -0.1) is 11.3 Å². The minimum absolute atomic E-state index is 0.208. The van der Waals surface area contributed by atoms with Crippen molar-refractivity contribution < 1.29 is 13.6 Å². The Hall–Kier alpha value is -2.74. The van der Waals surface area contributed by atoms with Gasteiger partial charge in [0.15, 0.2) is 0 Å². The summed E-state index contributed by atoms with van der Waals surface area (Å²) >= 11 is 1.29. The van der Waals surface area contributed by atoms with E-state index >= 15 is 0 Å². The number of nitrogens with one attached hydrogen (secondary N) is 1. The van der Waals surface area contributed by atoms with E-state index in [2.05, 4.69) is 10.4 Å². The van der Waals surface area contributed by atoms with E-state index in [9.17, 15) is 13.6 Å². The first-order chi connectivity index (χ1) is 12.5. The molecule has 1 aliphatic carbocycles. The highest BCUT2D eigenvalue weighted by Crippen LogP contribution is 2.32. The molecule has 134 valence electrons. The van der Waals surface area contributed by atoms with Gasteiger partial charge in [-0.2, -0.15) is 5.10 Å². The largest absolute Gasteiger partial charge is 0.397 e. The van der Waals surface area contributed by atoms with Gasteiger partial charge in [-0.1, -0.05) is 0 Å². The van der Waals surface area contributed by atoms with E-state index in [1.807, 2.05) is 0 Å². The Morgan fingerprint density at radius 3 is 2.77 bits per heavy atom. The van der Waals surface area contributed by atoms with Crippen LogP contribution < -0.4 is 11.1 Å². The summed E-state index contributed by atoms with van der Waals surface area (Å²) < 4.78 is 28.6. The van der Waals surface area contributed by atoms with Crippen molar-refractivity contribution in [3.8, 4) is 5.69 Å². The average Bonchev–Trinajstić information content (AvgIpc) is 3.20. The molecule has 2 heterocycles. The van der Waals surface area contributed by atoms with Crippen molar-refractivity contribution in [2.24, 2.45) is 0 Å². The molecular weight excluding hydrogens is 358 g/mol. The van der Waals surface area contributed by atoms with Crippen LogP contribution in [0, 0.1) is 11.6 Å². The number of nitrogens with two attached hydrogens (primary N) is 1. The second kappa shape index (κ2) is 6.53. The van der Waals surface area contributed by atoms with Gasteiger partial charge < -0.3 is 11.1 Å². The first-order valence-electron chi connectivity index (χ1n) is 8.20. The Labute approximate surface area is 152 Å². The van der Waals surface area contributed by atoms with Gasteiger partial charge >= 0.3 is 0 Å². The van der Waals surface area contributed by atoms with Gasteiger partial charge in [0, 0.05) is 17.3 Å². The number of fused-ring (bicyclic) bond motifs is 1. The lowest BCUT2D eigenvalue weighted by Crippen LogP contribution is -2.30. The Morgan fingerprint density at radius 1 is 1.31 bits per heavy atom. The maximum atomic E-state index is 13.5. The fourth-order valence-electron chi connectivity index (χ4n) is 3.32. The quantitative estimate of drug-likeness (QED) is 0.736. The molecular formula is C18H16F2N4OS. The summed E-state index contributed by atoms with van der Waals surface area (Å²) in [5.41, 5.74) is 8.31. The molecule has 3 aromatic rings. The number of anilines is 1. The number of carbonyl (C=O) groups excluding carboxylic acids is 1. The summed E-state index contributed by atoms with van der Waals surface area (Å²) in [5.74, 6) is -1.53. The molecule has 0 saturated heterocycles. The standard InChI is InChI=1S/C18H16F2N4OS/c19-10-6-11(20)8-12(7-10)24-16-3-1-2-15(13(16)9-22-24)23-18(25)17-14(21)4-5-26-17/h4-9,15H,1-3,21H2,(H,23,25)/t15-/m0/s1. The number of rotatable bonds is 3. The molecule has 3 N–H and O–H groups in total. The van der Waals surface area contributed by atoms with E-state index in [4.69, 9.17) is 5.73 Å². The molecule has 4 rings (SSSR count). The van der Waals surface area contributed by atoms with E-state index in [0.29, 0.717) is 16.3 Å². The average molecular weight is 374 g/mol. The van der Waals surface area contributed by atoms with Crippen LogP contribution in [0.2, 0.25) is 0 Å². The molecule has 1 aliphatic rings. The van der Waals surface area contributed by atoms with E-state index in [-0.39, 0.29) is 11.9 Å². The third kappa shape index (κ3) is 2.96. The van der Waals surface area contributed by atoms with Crippen molar-refractivity contribution in [1.82, 2.24) is 15.1 Å². The van der Waals surface area contributed by atoms with Crippen LogP contribution in [0.15, 0.2) is 35.8 Å². The van der Waals surface area contributed by atoms with Crippen LogP contribution in [-0.2, 0) is 6.42 Å². The van der Waals surface area contributed by atoms with Crippen LogP contribution in [0.4, 0.5) is 14.5 Å². The van der Waals surface area contributed by atoms with Gasteiger partial charge in [0.05, 0.1) is 23.6 Å². The minimum atomic E-state index is -0.655. The van der Waals surface area contributed by atoms with E-state index < -0.39 is 11.6 Å². The van der Waals surface area contributed by atoms with Crippen LogP contribution in [-0.4, -0.2) is 15.7 Å². The number of carbonyl (C=O) groups is 1. The lowest BCUT2D eigenvalue weighted by atomic mass is 9.92. The topological polar surface area (TPSA) is 72.9 Å². The molecule has 2 aromatic heterocycles. The number of amides is 1. The molecule has 0 spiro atoms. The zero-order valence-corrected chi connectivity index (χ0v) is 14.5. The van der Waals surface area contributed by atoms with Crippen molar-refractivity contribution in [3.63, 3.8) is 0 Å². The number of halogens is 2. The normalized spacial score (nSPS) is 16.3. The molecule has 1 amide bonds. The van der Waals surface area contributed by atoms with Gasteiger partial charge in [-0.3, -0.25) is 4.79 Å². The van der Waals surface area contributed by atoms with Crippen molar-refractivity contribution in [2.75, 3.05) is 5.73 Å². The number of nitrogens with zero attached hydrogens (tertiary/aromatic N) is 2. The maximum Gasteiger partial charge on any atom is 0.263 e. The van der Waals surface area contributed by atoms with Crippen LogP contribution in [0.1, 0.15) is 39.8 Å². The second-order valence-electron chi connectivity index (χ2n) is 6.21.